The molecule has 8 nitrogen and oxygen atoms in total. The van der Waals surface area contributed by atoms with Gasteiger partial charge < -0.3 is 10.0 Å². The summed E-state index contributed by atoms with van der Waals surface area (Å²) in [4.78, 5) is 26.1. The van der Waals surface area contributed by atoms with Crippen LogP contribution >= 0.6 is 0 Å². The molecule has 1 aliphatic heterocycles. The number of nitrogens with zero attached hydrogens (tertiary/aromatic N) is 5. The Kier molecular flexibility index (Phi) is 4.72. The molecule has 4 rings (SSSR count). The van der Waals surface area contributed by atoms with Gasteiger partial charge in [0.05, 0.1) is 24.0 Å². The van der Waals surface area contributed by atoms with Crippen LogP contribution in [-0.2, 0) is 0 Å². The number of rotatable bonds is 4. The quantitative estimate of drug-likeness (QED) is 0.892. The van der Waals surface area contributed by atoms with Crippen LogP contribution < -0.4 is 0 Å². The summed E-state index contributed by atoms with van der Waals surface area (Å²) in [6.07, 6.45) is 9.25. The van der Waals surface area contributed by atoms with E-state index in [1.165, 1.54) is 19.0 Å². The fraction of sp³-hybridized carbons (Fsp3) is 0.579. The second kappa shape index (κ2) is 7.17. The van der Waals surface area contributed by atoms with E-state index >= 15 is 0 Å². The van der Waals surface area contributed by atoms with Crippen LogP contribution in [0.1, 0.15) is 77.1 Å². The van der Waals surface area contributed by atoms with Crippen molar-refractivity contribution in [2.75, 3.05) is 13.1 Å². The van der Waals surface area contributed by atoms with Crippen LogP contribution in [0.3, 0.4) is 0 Å². The zero-order chi connectivity index (χ0) is 19.0. The van der Waals surface area contributed by atoms with Crippen LogP contribution in [0.25, 0.3) is 0 Å². The number of carboxylic acid groups (broad SMARTS) is 1. The molecular formula is C19H25N5O3. The molecule has 2 fully saturated rings. The van der Waals surface area contributed by atoms with E-state index < -0.39 is 5.97 Å². The topological polar surface area (TPSA) is 93.2 Å². The van der Waals surface area contributed by atoms with Crippen molar-refractivity contribution in [3.05, 3.63) is 35.4 Å². The summed E-state index contributed by atoms with van der Waals surface area (Å²) >= 11 is 0. The zero-order valence-electron chi connectivity index (χ0n) is 15.5. The summed E-state index contributed by atoms with van der Waals surface area (Å²) in [7, 11) is 0. The Labute approximate surface area is 157 Å². The third-order valence-electron chi connectivity index (χ3n) is 5.93. The van der Waals surface area contributed by atoms with Gasteiger partial charge >= 0.3 is 5.97 Å². The molecule has 8 heteroatoms. The Morgan fingerprint density at radius 3 is 2.33 bits per heavy atom. The first-order valence-electron chi connectivity index (χ1n) is 9.66. The highest BCUT2D eigenvalue weighted by Gasteiger charge is 2.30. The first kappa shape index (κ1) is 17.8. The minimum absolute atomic E-state index is 0.0428. The van der Waals surface area contributed by atoms with Gasteiger partial charge in [-0.2, -0.15) is 10.2 Å². The zero-order valence-corrected chi connectivity index (χ0v) is 15.5. The Bertz CT molecular complexity index is 841. The largest absolute Gasteiger partial charge is 0.478 e. The Morgan fingerprint density at radius 2 is 1.70 bits per heavy atom. The molecule has 2 aliphatic rings. The maximum atomic E-state index is 13.0. The molecule has 3 heterocycles. The number of carbonyl (C=O) groups excluding carboxylic acids is 1. The number of aromatic nitrogens is 4. The van der Waals surface area contributed by atoms with Crippen LogP contribution in [0.4, 0.5) is 0 Å². The smallest absolute Gasteiger partial charge is 0.339 e. The molecule has 27 heavy (non-hydrogen) atoms. The second-order valence-electron chi connectivity index (χ2n) is 7.52. The first-order valence-corrected chi connectivity index (χ1v) is 9.66. The molecular weight excluding hydrogens is 346 g/mol. The maximum Gasteiger partial charge on any atom is 0.339 e. The molecule has 0 unspecified atom stereocenters. The van der Waals surface area contributed by atoms with Gasteiger partial charge in [0.1, 0.15) is 11.3 Å². The van der Waals surface area contributed by atoms with E-state index in [1.807, 2.05) is 15.6 Å². The van der Waals surface area contributed by atoms with E-state index in [4.69, 9.17) is 0 Å². The van der Waals surface area contributed by atoms with Crippen LogP contribution in [0, 0.1) is 6.92 Å². The van der Waals surface area contributed by atoms with Gasteiger partial charge in [0, 0.05) is 19.3 Å². The van der Waals surface area contributed by atoms with Gasteiger partial charge in [0.25, 0.3) is 5.91 Å². The summed E-state index contributed by atoms with van der Waals surface area (Å²) in [5.74, 6) is -0.909. The molecule has 1 amide bonds. The molecule has 144 valence electrons. The second-order valence-corrected chi connectivity index (χ2v) is 7.52. The molecule has 0 radical (unpaired) electrons. The van der Waals surface area contributed by atoms with Crippen molar-refractivity contribution in [3.63, 3.8) is 0 Å². The molecule has 1 saturated heterocycles. The monoisotopic (exact) mass is 371 g/mol. The lowest BCUT2D eigenvalue weighted by Gasteiger charge is -2.33. The average Bonchev–Trinajstić information content (AvgIpc) is 3.41. The maximum absolute atomic E-state index is 13.0. The van der Waals surface area contributed by atoms with E-state index in [-0.39, 0.29) is 17.5 Å². The van der Waals surface area contributed by atoms with Crippen molar-refractivity contribution >= 4 is 11.9 Å². The lowest BCUT2D eigenvalue weighted by atomic mass is 10.0. The summed E-state index contributed by atoms with van der Waals surface area (Å²) in [5, 5.41) is 17.9. The third-order valence-corrected chi connectivity index (χ3v) is 5.93. The fourth-order valence-electron chi connectivity index (χ4n) is 4.40. The van der Waals surface area contributed by atoms with Crippen LogP contribution in [0.5, 0.6) is 0 Å². The minimum Gasteiger partial charge on any atom is -0.478 e. The van der Waals surface area contributed by atoms with Gasteiger partial charge in [-0.05, 0) is 38.7 Å². The number of hydrogen-bond acceptors (Lipinski definition) is 4. The predicted octanol–water partition coefficient (Wildman–Crippen LogP) is 2.68. The first-order chi connectivity index (χ1) is 13.1. The highest BCUT2D eigenvalue weighted by atomic mass is 16.4. The molecule has 0 aromatic carbocycles. The highest BCUT2D eigenvalue weighted by Crippen LogP contribution is 2.31. The van der Waals surface area contributed by atoms with E-state index in [0.29, 0.717) is 30.5 Å². The van der Waals surface area contributed by atoms with Gasteiger partial charge in [0.15, 0.2) is 0 Å². The van der Waals surface area contributed by atoms with Crippen molar-refractivity contribution in [3.8, 4) is 0 Å². The normalized spacial score (nSPS) is 18.9. The van der Waals surface area contributed by atoms with E-state index in [0.717, 1.165) is 25.7 Å². The average molecular weight is 371 g/mol. The highest BCUT2D eigenvalue weighted by molar-refractivity contribution is 5.92. The molecule has 1 aliphatic carbocycles. The summed E-state index contributed by atoms with van der Waals surface area (Å²) in [5.41, 5.74) is 1.60. The van der Waals surface area contributed by atoms with E-state index in [9.17, 15) is 14.7 Å². The summed E-state index contributed by atoms with van der Waals surface area (Å²) in [6, 6.07) is 2.29. The van der Waals surface area contributed by atoms with Crippen molar-refractivity contribution in [2.24, 2.45) is 0 Å². The molecule has 1 N–H and O–H groups in total. The number of hydrogen-bond donors (Lipinski definition) is 1. The molecule has 0 spiro atoms. The summed E-state index contributed by atoms with van der Waals surface area (Å²) in [6.45, 7) is 3.07. The number of amides is 1. The Morgan fingerprint density at radius 1 is 1.04 bits per heavy atom. The lowest BCUT2D eigenvalue weighted by Crippen LogP contribution is -2.40. The van der Waals surface area contributed by atoms with E-state index in [2.05, 4.69) is 10.2 Å². The van der Waals surface area contributed by atoms with Crippen LogP contribution in [-0.4, -0.2) is 54.5 Å². The lowest BCUT2D eigenvalue weighted by molar-refractivity contribution is 0.0673. The van der Waals surface area contributed by atoms with Gasteiger partial charge in [-0.3, -0.25) is 14.2 Å². The van der Waals surface area contributed by atoms with Gasteiger partial charge in [-0.25, -0.2) is 4.79 Å². The van der Waals surface area contributed by atoms with Crippen molar-refractivity contribution in [2.45, 2.75) is 57.5 Å². The van der Waals surface area contributed by atoms with Crippen LogP contribution in [0.15, 0.2) is 18.5 Å². The molecule has 2 aromatic heterocycles. The van der Waals surface area contributed by atoms with Gasteiger partial charge in [-0.1, -0.05) is 12.8 Å². The summed E-state index contributed by atoms with van der Waals surface area (Å²) < 4.78 is 3.71. The predicted molar refractivity (Wildman–Crippen MR) is 97.8 cm³/mol. The molecule has 0 bridgehead atoms. The number of piperidine rings is 1. The van der Waals surface area contributed by atoms with Crippen LogP contribution in [0.2, 0.25) is 0 Å². The van der Waals surface area contributed by atoms with E-state index in [1.54, 1.807) is 17.8 Å². The molecule has 0 atom stereocenters. The standard InChI is InChI=1S/C19H25N5O3/c1-13-16(19(26)27)12-21-23(13)15-7-10-22(11-8-15)18(25)17-6-9-20-24(17)14-4-2-3-5-14/h6,9,12,14-15H,2-5,7-8,10-11H2,1H3,(H,26,27). The Balaban J connectivity index is 1.43. The van der Waals surface area contributed by atoms with Gasteiger partial charge in [0.2, 0.25) is 0 Å². The Hall–Kier alpha value is -2.64. The SMILES string of the molecule is Cc1c(C(=O)O)cnn1C1CCN(C(=O)c2ccnn2C2CCCC2)CC1. The van der Waals surface area contributed by atoms with Crippen molar-refractivity contribution in [1.29, 1.82) is 0 Å². The van der Waals surface area contributed by atoms with Crippen molar-refractivity contribution in [1.82, 2.24) is 24.5 Å². The van der Waals surface area contributed by atoms with Crippen molar-refractivity contribution < 1.29 is 14.7 Å². The number of likely N-dealkylation sites (tertiary alicyclic amines) is 1. The molecule has 1 saturated carbocycles. The fourth-order valence-corrected chi connectivity index (χ4v) is 4.40. The minimum atomic E-state index is -0.952. The third kappa shape index (κ3) is 3.24. The number of carbonyl (C=O) groups is 2. The number of carboxylic acids is 1. The molecule has 2 aromatic rings. The number of aromatic carboxylic acids is 1. The van der Waals surface area contributed by atoms with Gasteiger partial charge in [-0.15, -0.1) is 0 Å².